The first-order valence-electron chi connectivity index (χ1n) is 5.95. The van der Waals surface area contributed by atoms with E-state index in [0.717, 1.165) is 5.75 Å². The van der Waals surface area contributed by atoms with Crippen LogP contribution in [0.5, 0.6) is 0 Å². The van der Waals surface area contributed by atoms with Crippen molar-refractivity contribution in [3.63, 3.8) is 0 Å². The van der Waals surface area contributed by atoms with Crippen LogP contribution in [0.1, 0.15) is 13.8 Å². The Hall–Kier alpha value is -1.41. The molecule has 0 amide bonds. The molecule has 1 aromatic rings. The van der Waals surface area contributed by atoms with Gasteiger partial charge >= 0.3 is 0 Å². The van der Waals surface area contributed by atoms with Crippen LogP contribution in [0.2, 0.25) is 0 Å². The zero-order valence-corrected chi connectivity index (χ0v) is 11.7. The van der Waals surface area contributed by atoms with Crippen molar-refractivity contribution >= 4 is 17.6 Å². The number of anilines is 1. The Bertz CT molecular complexity index is 462. The number of rotatable bonds is 7. The molecule has 0 unspecified atom stereocenters. The number of hydrogen-bond acceptors (Lipinski definition) is 4. The molecule has 0 aliphatic carbocycles. The molecule has 0 aliphatic heterocycles. The highest BCUT2D eigenvalue weighted by atomic mass is 32.2. The van der Waals surface area contributed by atoms with Crippen LogP contribution in [0.4, 0.5) is 5.82 Å². The normalized spacial score (nSPS) is 10.3. The molecule has 1 N–H and O–H groups in total. The monoisotopic (exact) mass is 265 g/mol. The summed E-state index contributed by atoms with van der Waals surface area (Å²) in [5, 5.41) is 3.05. The Labute approximate surface area is 112 Å². The Kier molecular flexibility index (Phi) is 6.37. The van der Waals surface area contributed by atoms with Gasteiger partial charge in [-0.15, -0.1) is 18.2 Å². The van der Waals surface area contributed by atoms with E-state index in [-0.39, 0.29) is 5.56 Å². The highest BCUT2D eigenvalue weighted by Gasteiger charge is 2.05. The van der Waals surface area contributed by atoms with Crippen LogP contribution in [-0.4, -0.2) is 27.6 Å². The molecule has 1 rings (SSSR count). The number of hydrogen-bond donors (Lipinski definition) is 1. The molecule has 0 atom stereocenters. The van der Waals surface area contributed by atoms with Gasteiger partial charge in [0.1, 0.15) is 0 Å². The summed E-state index contributed by atoms with van der Waals surface area (Å²) in [6, 6.07) is 0. The zero-order valence-electron chi connectivity index (χ0n) is 10.8. The smallest absolute Gasteiger partial charge is 0.293 e. The number of thioether (sulfide) groups is 1. The van der Waals surface area contributed by atoms with Crippen molar-refractivity contribution in [2.75, 3.05) is 23.4 Å². The molecular weight excluding hydrogens is 246 g/mol. The summed E-state index contributed by atoms with van der Waals surface area (Å²) in [6.07, 6.45) is 8.53. The molecule has 1 aromatic heterocycles. The van der Waals surface area contributed by atoms with Crippen LogP contribution in [0, 0.1) is 18.3 Å². The molecule has 5 heteroatoms. The lowest BCUT2D eigenvalue weighted by molar-refractivity contribution is 0.509. The minimum atomic E-state index is -0.0619. The van der Waals surface area contributed by atoms with Crippen molar-refractivity contribution in [3.8, 4) is 12.3 Å². The van der Waals surface area contributed by atoms with E-state index in [0.29, 0.717) is 30.6 Å². The van der Waals surface area contributed by atoms with Crippen molar-refractivity contribution in [3.05, 3.63) is 22.7 Å². The largest absolute Gasteiger partial charge is 0.365 e. The summed E-state index contributed by atoms with van der Waals surface area (Å²) < 4.78 is 1.69. The number of nitrogens with one attached hydrogen (secondary N) is 1. The Balaban J connectivity index is 2.56. The molecule has 0 saturated heterocycles. The van der Waals surface area contributed by atoms with E-state index >= 15 is 0 Å². The second kappa shape index (κ2) is 7.83. The van der Waals surface area contributed by atoms with Crippen LogP contribution < -0.4 is 10.9 Å². The molecule has 98 valence electrons. The highest BCUT2D eigenvalue weighted by Crippen LogP contribution is 2.00. The molecule has 0 aromatic carbocycles. The molecule has 0 saturated carbocycles. The third-order valence-corrected chi connectivity index (χ3v) is 3.06. The number of terminal acetylenes is 1. The molecule has 0 bridgehead atoms. The summed E-state index contributed by atoms with van der Waals surface area (Å²) in [4.78, 5) is 16.1. The predicted molar refractivity (Wildman–Crippen MR) is 78.0 cm³/mol. The maximum atomic E-state index is 12.0. The Morgan fingerprint density at radius 1 is 1.61 bits per heavy atom. The van der Waals surface area contributed by atoms with Crippen LogP contribution in [-0.2, 0) is 6.54 Å². The van der Waals surface area contributed by atoms with Crippen LogP contribution >= 0.6 is 11.8 Å². The van der Waals surface area contributed by atoms with Gasteiger partial charge in [0.15, 0.2) is 5.82 Å². The fourth-order valence-electron chi connectivity index (χ4n) is 1.48. The molecule has 0 radical (unpaired) electrons. The highest BCUT2D eigenvalue weighted by molar-refractivity contribution is 7.99. The van der Waals surface area contributed by atoms with Gasteiger partial charge in [0.25, 0.3) is 5.56 Å². The first kappa shape index (κ1) is 14.7. The van der Waals surface area contributed by atoms with Crippen molar-refractivity contribution in [2.24, 2.45) is 5.92 Å². The van der Waals surface area contributed by atoms with E-state index in [1.807, 2.05) is 0 Å². The molecule has 18 heavy (non-hydrogen) atoms. The lowest BCUT2D eigenvalue weighted by atomic mass is 10.2. The fraction of sp³-hybridized carbons (Fsp3) is 0.538. The van der Waals surface area contributed by atoms with E-state index in [2.05, 4.69) is 30.1 Å². The van der Waals surface area contributed by atoms with Crippen molar-refractivity contribution in [1.82, 2.24) is 9.55 Å². The second-order valence-electron chi connectivity index (χ2n) is 4.31. The fourth-order valence-corrected chi connectivity index (χ4v) is 1.99. The van der Waals surface area contributed by atoms with Gasteiger partial charge in [-0.25, -0.2) is 4.98 Å². The van der Waals surface area contributed by atoms with Crippen LogP contribution in [0.25, 0.3) is 0 Å². The average molecular weight is 265 g/mol. The van der Waals surface area contributed by atoms with Crippen molar-refractivity contribution in [1.29, 1.82) is 0 Å². The van der Waals surface area contributed by atoms with Crippen molar-refractivity contribution < 1.29 is 0 Å². The van der Waals surface area contributed by atoms with Crippen LogP contribution in [0.3, 0.4) is 0 Å². The van der Waals surface area contributed by atoms with E-state index < -0.39 is 0 Å². The van der Waals surface area contributed by atoms with Gasteiger partial charge in [0.2, 0.25) is 0 Å². The lowest BCUT2D eigenvalue weighted by Gasteiger charge is -2.10. The van der Waals surface area contributed by atoms with Gasteiger partial charge < -0.3 is 9.88 Å². The Morgan fingerprint density at radius 2 is 2.39 bits per heavy atom. The third-order valence-electron chi connectivity index (χ3n) is 2.20. The van der Waals surface area contributed by atoms with E-state index in [9.17, 15) is 4.79 Å². The van der Waals surface area contributed by atoms with Crippen LogP contribution in [0.15, 0.2) is 17.2 Å². The van der Waals surface area contributed by atoms with E-state index in [4.69, 9.17) is 6.42 Å². The second-order valence-corrected chi connectivity index (χ2v) is 5.42. The standard InChI is InChI=1S/C13H19N3OS/c1-4-8-18-9-6-15-12-13(17)16(7-5-14-12)10-11(2)3/h1,5,7,11H,6,8-10H2,2-3H3,(H,14,15). The average Bonchev–Trinajstić information content (AvgIpc) is 2.33. The maximum absolute atomic E-state index is 12.0. The quantitative estimate of drug-likeness (QED) is 0.602. The minimum absolute atomic E-state index is 0.0619. The number of aromatic nitrogens is 2. The van der Waals surface area contributed by atoms with Gasteiger partial charge in [0.05, 0.1) is 5.75 Å². The predicted octanol–water partition coefficient (Wildman–Crippen LogP) is 1.68. The minimum Gasteiger partial charge on any atom is -0.365 e. The zero-order chi connectivity index (χ0) is 13.4. The lowest BCUT2D eigenvalue weighted by Crippen LogP contribution is -2.26. The summed E-state index contributed by atoms with van der Waals surface area (Å²) >= 11 is 1.66. The molecule has 0 aliphatic rings. The maximum Gasteiger partial charge on any atom is 0.293 e. The van der Waals surface area contributed by atoms with Gasteiger partial charge in [-0.1, -0.05) is 19.8 Å². The number of nitrogens with zero attached hydrogens (tertiary/aromatic N) is 2. The molecule has 1 heterocycles. The molecule has 4 nitrogen and oxygen atoms in total. The van der Waals surface area contributed by atoms with Gasteiger partial charge in [-0.3, -0.25) is 4.79 Å². The van der Waals surface area contributed by atoms with Crippen molar-refractivity contribution in [2.45, 2.75) is 20.4 Å². The summed E-state index contributed by atoms with van der Waals surface area (Å²) in [5.74, 6) is 4.97. The summed E-state index contributed by atoms with van der Waals surface area (Å²) in [5.41, 5.74) is -0.0619. The molecule has 0 fully saturated rings. The Morgan fingerprint density at radius 3 is 3.06 bits per heavy atom. The SMILES string of the molecule is C#CCSCCNc1nccn(CC(C)C)c1=O. The first-order chi connectivity index (χ1) is 8.65. The summed E-state index contributed by atoms with van der Waals surface area (Å²) in [7, 11) is 0. The molecule has 0 spiro atoms. The van der Waals surface area contributed by atoms with Gasteiger partial charge in [-0.05, 0) is 5.92 Å². The van der Waals surface area contributed by atoms with Gasteiger partial charge in [0, 0.05) is 31.2 Å². The van der Waals surface area contributed by atoms with E-state index in [1.54, 1.807) is 28.7 Å². The first-order valence-corrected chi connectivity index (χ1v) is 7.11. The summed E-state index contributed by atoms with van der Waals surface area (Å²) in [6.45, 7) is 5.56. The van der Waals surface area contributed by atoms with E-state index in [1.165, 1.54) is 0 Å². The molecular formula is C13H19N3OS. The third kappa shape index (κ3) is 4.84. The van der Waals surface area contributed by atoms with Gasteiger partial charge in [-0.2, -0.15) is 0 Å². The topological polar surface area (TPSA) is 46.9 Å².